The van der Waals surface area contributed by atoms with E-state index in [4.69, 9.17) is 9.47 Å². The third kappa shape index (κ3) is 3.54. The number of anilines is 1. The van der Waals surface area contributed by atoms with Gasteiger partial charge in [-0.3, -0.25) is 15.1 Å². The standard InChI is InChI=1S/C21H23N5O3/c1-22-21-19(20-24-16-6-4-5-7-17(16)25-20)18(27)11-23-12-26(21)13-8-14(28-2)10-15(9-13)29-3/h4-10,19,23H,11-12H2,1-3H3,(H,24,25). The van der Waals surface area contributed by atoms with Gasteiger partial charge in [0.1, 0.15) is 29.1 Å². The van der Waals surface area contributed by atoms with Crippen LogP contribution in [0, 0.1) is 0 Å². The Morgan fingerprint density at radius 1 is 1.14 bits per heavy atom. The van der Waals surface area contributed by atoms with Crippen molar-refractivity contribution in [2.45, 2.75) is 5.92 Å². The molecule has 1 fully saturated rings. The molecular formula is C21H23N5O3. The first kappa shape index (κ1) is 18.9. The number of carbonyl (C=O) groups is 1. The van der Waals surface area contributed by atoms with E-state index in [1.807, 2.05) is 41.3 Å². The summed E-state index contributed by atoms with van der Waals surface area (Å²) in [7, 11) is 4.90. The van der Waals surface area contributed by atoms with Crippen LogP contribution in [0.1, 0.15) is 11.7 Å². The third-order valence-corrected chi connectivity index (χ3v) is 4.98. The van der Waals surface area contributed by atoms with Gasteiger partial charge in [-0.2, -0.15) is 0 Å². The lowest BCUT2D eigenvalue weighted by molar-refractivity contribution is -0.118. The molecule has 2 heterocycles. The molecule has 2 aromatic carbocycles. The Kier molecular flexibility index (Phi) is 5.18. The molecule has 0 aliphatic carbocycles. The molecule has 0 bridgehead atoms. The number of methoxy groups -OCH3 is 2. The molecule has 29 heavy (non-hydrogen) atoms. The zero-order valence-corrected chi connectivity index (χ0v) is 16.6. The van der Waals surface area contributed by atoms with E-state index in [0.717, 1.165) is 16.7 Å². The Bertz CT molecular complexity index is 1020. The van der Waals surface area contributed by atoms with Gasteiger partial charge < -0.3 is 19.4 Å². The fraction of sp³-hybridized carbons (Fsp3) is 0.286. The largest absolute Gasteiger partial charge is 0.497 e. The van der Waals surface area contributed by atoms with Crippen LogP contribution >= 0.6 is 0 Å². The Labute approximate surface area is 168 Å². The number of imidazole rings is 1. The van der Waals surface area contributed by atoms with E-state index in [1.54, 1.807) is 27.3 Å². The van der Waals surface area contributed by atoms with Gasteiger partial charge in [0.25, 0.3) is 0 Å². The number of nitrogens with zero attached hydrogens (tertiary/aromatic N) is 3. The topological polar surface area (TPSA) is 91.8 Å². The number of rotatable bonds is 4. The molecule has 0 amide bonds. The van der Waals surface area contributed by atoms with Gasteiger partial charge in [-0.15, -0.1) is 0 Å². The van der Waals surface area contributed by atoms with Crippen LogP contribution in [0.2, 0.25) is 0 Å². The predicted octanol–water partition coefficient (Wildman–Crippen LogP) is 2.33. The van der Waals surface area contributed by atoms with Gasteiger partial charge in [-0.25, -0.2) is 4.98 Å². The Morgan fingerprint density at radius 2 is 1.86 bits per heavy atom. The van der Waals surface area contributed by atoms with Gasteiger partial charge in [-0.05, 0) is 12.1 Å². The zero-order chi connectivity index (χ0) is 20.4. The molecule has 0 radical (unpaired) electrons. The van der Waals surface area contributed by atoms with E-state index >= 15 is 0 Å². The molecule has 1 aromatic heterocycles. The average Bonchev–Trinajstić information content (AvgIpc) is 3.10. The molecular weight excluding hydrogens is 370 g/mol. The van der Waals surface area contributed by atoms with Crippen molar-refractivity contribution in [1.29, 1.82) is 0 Å². The lowest BCUT2D eigenvalue weighted by Crippen LogP contribution is -2.39. The second kappa shape index (κ2) is 7.92. The average molecular weight is 393 g/mol. The summed E-state index contributed by atoms with van der Waals surface area (Å²) in [5.74, 6) is 1.90. The number of H-pyrrole nitrogens is 1. The highest BCUT2D eigenvalue weighted by Crippen LogP contribution is 2.32. The zero-order valence-electron chi connectivity index (χ0n) is 16.6. The maximum atomic E-state index is 13.0. The highest BCUT2D eigenvalue weighted by Gasteiger charge is 2.35. The van der Waals surface area contributed by atoms with Crippen molar-refractivity contribution >= 4 is 28.3 Å². The van der Waals surface area contributed by atoms with Crippen molar-refractivity contribution in [2.24, 2.45) is 4.99 Å². The SMILES string of the molecule is CN=C1C(c2nc3ccccc3[nH]2)C(=O)CNCN1c1cc(OC)cc(OC)c1. The van der Waals surface area contributed by atoms with E-state index in [1.165, 1.54) is 0 Å². The number of hydrogen-bond acceptors (Lipinski definition) is 6. The van der Waals surface area contributed by atoms with Gasteiger partial charge >= 0.3 is 0 Å². The minimum Gasteiger partial charge on any atom is -0.497 e. The van der Waals surface area contributed by atoms with Crippen molar-refractivity contribution in [3.05, 3.63) is 48.3 Å². The number of para-hydroxylation sites is 2. The summed E-state index contributed by atoms with van der Waals surface area (Å²) in [5.41, 5.74) is 2.51. The lowest BCUT2D eigenvalue weighted by Gasteiger charge is -2.27. The number of amidine groups is 1. The maximum Gasteiger partial charge on any atom is 0.164 e. The number of ether oxygens (including phenoxy) is 2. The number of hydrogen-bond donors (Lipinski definition) is 2. The van der Waals surface area contributed by atoms with Crippen molar-refractivity contribution in [2.75, 3.05) is 39.4 Å². The highest BCUT2D eigenvalue weighted by atomic mass is 16.5. The minimum atomic E-state index is -0.611. The molecule has 1 aliphatic heterocycles. The fourth-order valence-electron chi connectivity index (χ4n) is 3.58. The summed E-state index contributed by atoms with van der Waals surface area (Å²) in [4.78, 5) is 27.4. The molecule has 8 nitrogen and oxygen atoms in total. The number of aromatic nitrogens is 2. The van der Waals surface area contributed by atoms with Gasteiger partial charge in [-0.1, -0.05) is 12.1 Å². The molecule has 3 aromatic rings. The number of nitrogens with one attached hydrogen (secondary N) is 2. The molecule has 0 spiro atoms. The quantitative estimate of drug-likeness (QED) is 0.707. The van der Waals surface area contributed by atoms with Crippen LogP contribution in [0.4, 0.5) is 5.69 Å². The van der Waals surface area contributed by atoms with Gasteiger partial charge in [0, 0.05) is 25.2 Å². The third-order valence-electron chi connectivity index (χ3n) is 4.98. The van der Waals surface area contributed by atoms with Crippen LogP contribution in [0.3, 0.4) is 0 Å². The minimum absolute atomic E-state index is 0.00187. The van der Waals surface area contributed by atoms with Crippen LogP contribution in [0.25, 0.3) is 11.0 Å². The molecule has 1 aliphatic rings. The molecule has 1 atom stereocenters. The van der Waals surface area contributed by atoms with Crippen molar-refractivity contribution in [1.82, 2.24) is 15.3 Å². The summed E-state index contributed by atoms with van der Waals surface area (Å²) in [6.45, 7) is 0.643. The number of carbonyl (C=O) groups excluding carboxylic acids is 1. The Balaban J connectivity index is 1.81. The van der Waals surface area contributed by atoms with Gasteiger partial charge in [0.05, 0.1) is 44.2 Å². The van der Waals surface area contributed by atoms with Crippen LogP contribution in [0.5, 0.6) is 11.5 Å². The van der Waals surface area contributed by atoms with Gasteiger partial charge in [0.2, 0.25) is 0 Å². The Hall–Kier alpha value is -3.39. The Morgan fingerprint density at radius 3 is 2.52 bits per heavy atom. The molecule has 0 saturated carbocycles. The van der Waals surface area contributed by atoms with Crippen LogP contribution in [-0.2, 0) is 4.79 Å². The smallest absolute Gasteiger partial charge is 0.164 e. The molecule has 4 rings (SSSR count). The summed E-state index contributed by atoms with van der Waals surface area (Å²) in [6, 6.07) is 13.3. The lowest BCUT2D eigenvalue weighted by atomic mass is 10.0. The first-order valence-corrected chi connectivity index (χ1v) is 9.30. The van der Waals surface area contributed by atoms with Crippen LogP contribution in [0.15, 0.2) is 47.5 Å². The summed E-state index contributed by atoms with van der Waals surface area (Å²) >= 11 is 0. The number of benzene rings is 2. The number of Topliss-reactive ketones (excluding diaryl/α,β-unsaturated/α-hetero) is 1. The second-order valence-corrected chi connectivity index (χ2v) is 6.70. The normalized spacial score (nSPS) is 18.9. The van der Waals surface area contributed by atoms with E-state index in [0.29, 0.717) is 29.8 Å². The van der Waals surface area contributed by atoms with E-state index in [2.05, 4.69) is 20.3 Å². The van der Waals surface area contributed by atoms with Crippen molar-refractivity contribution in [3.8, 4) is 11.5 Å². The molecule has 1 unspecified atom stereocenters. The molecule has 1 saturated heterocycles. The number of ketones is 1. The maximum absolute atomic E-state index is 13.0. The number of aliphatic imine (C=N–C) groups is 1. The van der Waals surface area contributed by atoms with Crippen molar-refractivity contribution < 1.29 is 14.3 Å². The van der Waals surface area contributed by atoms with E-state index in [9.17, 15) is 4.79 Å². The predicted molar refractivity (Wildman–Crippen MR) is 112 cm³/mol. The molecule has 150 valence electrons. The number of fused-ring (bicyclic) bond motifs is 1. The highest BCUT2D eigenvalue weighted by molar-refractivity contribution is 6.16. The summed E-state index contributed by atoms with van der Waals surface area (Å²) < 4.78 is 10.8. The molecule has 2 N–H and O–H groups in total. The summed E-state index contributed by atoms with van der Waals surface area (Å²) in [5, 5.41) is 3.19. The fourth-order valence-corrected chi connectivity index (χ4v) is 3.58. The monoisotopic (exact) mass is 393 g/mol. The van der Waals surface area contributed by atoms with Crippen molar-refractivity contribution in [3.63, 3.8) is 0 Å². The van der Waals surface area contributed by atoms with Crippen LogP contribution in [-0.4, -0.2) is 56.1 Å². The van der Waals surface area contributed by atoms with E-state index < -0.39 is 5.92 Å². The first-order chi connectivity index (χ1) is 14.1. The van der Waals surface area contributed by atoms with Crippen LogP contribution < -0.4 is 19.7 Å². The first-order valence-electron chi connectivity index (χ1n) is 9.30. The summed E-state index contributed by atoms with van der Waals surface area (Å²) in [6.07, 6.45) is 0. The molecule has 8 heteroatoms. The number of aromatic amines is 1. The second-order valence-electron chi connectivity index (χ2n) is 6.70. The van der Waals surface area contributed by atoms with Gasteiger partial charge in [0.15, 0.2) is 5.78 Å². The van der Waals surface area contributed by atoms with E-state index in [-0.39, 0.29) is 12.3 Å².